The molecule has 6 heteroatoms. The highest BCUT2D eigenvalue weighted by molar-refractivity contribution is 7.98. The second-order valence-electron chi connectivity index (χ2n) is 7.13. The third kappa shape index (κ3) is 3.60. The Morgan fingerprint density at radius 2 is 1.83 bits per heavy atom. The number of nitrogens with zero attached hydrogens (tertiary/aromatic N) is 3. The van der Waals surface area contributed by atoms with Crippen LogP contribution in [0, 0.1) is 20.8 Å². The van der Waals surface area contributed by atoms with Gasteiger partial charge < -0.3 is 8.98 Å². The number of hydrogen-bond acceptors (Lipinski definition) is 5. The summed E-state index contributed by atoms with van der Waals surface area (Å²) in [5, 5.41) is 10.7. The van der Waals surface area contributed by atoms with Crippen LogP contribution in [0.5, 0.6) is 0 Å². The minimum absolute atomic E-state index is 0.320. The molecule has 0 fully saturated rings. The van der Waals surface area contributed by atoms with Gasteiger partial charge in [-0.05, 0) is 49.9 Å². The van der Waals surface area contributed by atoms with Crippen LogP contribution in [0.2, 0.25) is 0 Å². The van der Waals surface area contributed by atoms with Crippen molar-refractivity contribution in [3.63, 3.8) is 0 Å². The Morgan fingerprint density at radius 1 is 1.03 bits per heavy atom. The second kappa shape index (κ2) is 7.87. The lowest BCUT2D eigenvalue weighted by atomic mass is 10.0. The van der Waals surface area contributed by atoms with Crippen molar-refractivity contribution in [2.75, 3.05) is 0 Å². The molecular formula is C23H23N3O2S. The smallest absolute Gasteiger partial charge is 0.336 e. The average Bonchev–Trinajstić information content (AvgIpc) is 3.12. The van der Waals surface area contributed by atoms with Gasteiger partial charge in [-0.25, -0.2) is 4.79 Å². The monoisotopic (exact) mass is 405 g/mol. The molecule has 5 nitrogen and oxygen atoms in total. The molecule has 0 unspecified atom stereocenters. The lowest BCUT2D eigenvalue weighted by Crippen LogP contribution is -2.03. The van der Waals surface area contributed by atoms with E-state index in [1.807, 2.05) is 32.0 Å². The second-order valence-corrected chi connectivity index (χ2v) is 8.07. The van der Waals surface area contributed by atoms with E-state index in [1.165, 1.54) is 5.56 Å². The zero-order chi connectivity index (χ0) is 20.5. The Hall–Kier alpha value is -2.86. The van der Waals surface area contributed by atoms with Gasteiger partial charge in [-0.15, -0.1) is 10.2 Å². The number of fused-ring (bicyclic) bond motifs is 1. The van der Waals surface area contributed by atoms with Crippen LogP contribution < -0.4 is 5.63 Å². The van der Waals surface area contributed by atoms with E-state index in [0.29, 0.717) is 11.3 Å². The maximum atomic E-state index is 12.1. The largest absolute Gasteiger partial charge is 0.422 e. The van der Waals surface area contributed by atoms with Gasteiger partial charge in [-0.3, -0.25) is 0 Å². The third-order valence-corrected chi connectivity index (χ3v) is 6.31. The van der Waals surface area contributed by atoms with Gasteiger partial charge in [-0.2, -0.15) is 0 Å². The Balaban J connectivity index is 1.70. The van der Waals surface area contributed by atoms with E-state index in [4.69, 9.17) is 4.42 Å². The van der Waals surface area contributed by atoms with E-state index >= 15 is 0 Å². The molecule has 0 N–H and O–H groups in total. The molecule has 0 aliphatic heterocycles. The fraction of sp³-hybridized carbons (Fsp3) is 0.261. The summed E-state index contributed by atoms with van der Waals surface area (Å²) in [7, 11) is 0. The Labute approximate surface area is 173 Å². The van der Waals surface area contributed by atoms with E-state index in [1.54, 1.807) is 17.8 Å². The van der Waals surface area contributed by atoms with Crippen LogP contribution in [0.15, 0.2) is 56.8 Å². The summed E-state index contributed by atoms with van der Waals surface area (Å²) in [5.41, 5.74) is 5.68. The van der Waals surface area contributed by atoms with Crippen LogP contribution in [-0.2, 0) is 12.3 Å². The summed E-state index contributed by atoms with van der Waals surface area (Å²) in [6, 6.07) is 13.9. The zero-order valence-corrected chi connectivity index (χ0v) is 17.8. The van der Waals surface area contributed by atoms with Crippen molar-refractivity contribution >= 4 is 22.7 Å². The van der Waals surface area contributed by atoms with E-state index in [-0.39, 0.29) is 5.63 Å². The first-order valence-corrected chi connectivity index (χ1v) is 10.6. The first-order valence-electron chi connectivity index (χ1n) is 9.64. The highest BCUT2D eigenvalue weighted by atomic mass is 32.2. The molecule has 0 aliphatic rings. The molecule has 148 valence electrons. The van der Waals surface area contributed by atoms with Gasteiger partial charge in [0.2, 0.25) is 0 Å². The molecule has 0 bridgehead atoms. The van der Waals surface area contributed by atoms with Gasteiger partial charge in [0.05, 0.1) is 0 Å². The van der Waals surface area contributed by atoms with Crippen LogP contribution in [0.3, 0.4) is 0 Å². The molecule has 0 atom stereocenters. The van der Waals surface area contributed by atoms with E-state index in [2.05, 4.69) is 46.8 Å². The van der Waals surface area contributed by atoms with Crippen LogP contribution in [0.1, 0.15) is 29.2 Å². The standard InChI is InChI=1S/C23H23N3O2S/c1-5-26-22(18-9-7-6-8-15(18)3)24-25-23(26)29-13-17-12-20(27)28-21-16(4)14(2)10-11-19(17)21/h6-12H,5,13H2,1-4H3. The van der Waals surface area contributed by atoms with Crippen LogP contribution in [0.4, 0.5) is 0 Å². The number of aryl methyl sites for hydroxylation is 3. The summed E-state index contributed by atoms with van der Waals surface area (Å²) >= 11 is 1.59. The number of benzene rings is 2. The van der Waals surface area contributed by atoms with Gasteiger partial charge in [0.15, 0.2) is 11.0 Å². The fourth-order valence-electron chi connectivity index (χ4n) is 3.49. The van der Waals surface area contributed by atoms with Crippen LogP contribution in [-0.4, -0.2) is 14.8 Å². The topological polar surface area (TPSA) is 60.9 Å². The summed E-state index contributed by atoms with van der Waals surface area (Å²) < 4.78 is 7.61. The minimum Gasteiger partial charge on any atom is -0.422 e. The number of rotatable bonds is 5. The molecule has 2 aromatic heterocycles. The molecule has 29 heavy (non-hydrogen) atoms. The quantitative estimate of drug-likeness (QED) is 0.333. The highest BCUT2D eigenvalue weighted by Gasteiger charge is 2.16. The molecule has 0 saturated heterocycles. The lowest BCUT2D eigenvalue weighted by Gasteiger charge is -2.10. The highest BCUT2D eigenvalue weighted by Crippen LogP contribution is 2.30. The molecule has 2 heterocycles. The SMILES string of the molecule is CCn1c(SCc2cc(=O)oc3c(C)c(C)ccc23)nnc1-c1ccccc1C. The van der Waals surface area contributed by atoms with Crippen molar-refractivity contribution in [3.8, 4) is 11.4 Å². The van der Waals surface area contributed by atoms with Gasteiger partial charge in [0.25, 0.3) is 0 Å². The number of hydrogen-bond donors (Lipinski definition) is 0. The van der Waals surface area contributed by atoms with Gasteiger partial charge in [-0.1, -0.05) is 48.2 Å². The van der Waals surface area contributed by atoms with Crippen molar-refractivity contribution in [2.24, 2.45) is 0 Å². The zero-order valence-electron chi connectivity index (χ0n) is 17.0. The molecule has 0 amide bonds. The Morgan fingerprint density at radius 3 is 2.59 bits per heavy atom. The average molecular weight is 406 g/mol. The summed E-state index contributed by atoms with van der Waals surface area (Å²) in [5.74, 6) is 1.49. The molecule has 4 rings (SSSR count). The predicted molar refractivity (Wildman–Crippen MR) is 117 cm³/mol. The summed E-state index contributed by atoms with van der Waals surface area (Å²) in [4.78, 5) is 12.1. The van der Waals surface area contributed by atoms with E-state index in [0.717, 1.165) is 45.2 Å². The molecule has 4 aromatic rings. The van der Waals surface area contributed by atoms with Crippen molar-refractivity contribution in [1.29, 1.82) is 0 Å². The van der Waals surface area contributed by atoms with Crippen molar-refractivity contribution < 1.29 is 4.42 Å². The molecule has 0 radical (unpaired) electrons. The number of aromatic nitrogens is 3. The summed E-state index contributed by atoms with van der Waals surface area (Å²) in [6.07, 6.45) is 0. The van der Waals surface area contributed by atoms with E-state index in [9.17, 15) is 4.79 Å². The van der Waals surface area contributed by atoms with Crippen molar-refractivity contribution in [3.05, 3.63) is 75.1 Å². The summed E-state index contributed by atoms with van der Waals surface area (Å²) in [6.45, 7) is 8.95. The molecule has 0 saturated carbocycles. The molecule has 2 aromatic carbocycles. The van der Waals surface area contributed by atoms with E-state index < -0.39 is 0 Å². The van der Waals surface area contributed by atoms with Gasteiger partial charge >= 0.3 is 5.63 Å². The molecule has 0 aliphatic carbocycles. The Kier molecular flexibility index (Phi) is 5.28. The van der Waals surface area contributed by atoms with Crippen LogP contribution >= 0.6 is 11.8 Å². The first kappa shape index (κ1) is 19.5. The maximum absolute atomic E-state index is 12.1. The lowest BCUT2D eigenvalue weighted by molar-refractivity contribution is 0.557. The van der Waals surface area contributed by atoms with Crippen molar-refractivity contribution in [1.82, 2.24) is 14.8 Å². The fourth-order valence-corrected chi connectivity index (χ4v) is 4.48. The third-order valence-electron chi connectivity index (χ3n) is 5.29. The predicted octanol–water partition coefficient (Wildman–Crippen LogP) is 5.29. The first-order chi connectivity index (χ1) is 14.0. The van der Waals surface area contributed by atoms with Crippen LogP contribution in [0.25, 0.3) is 22.4 Å². The molecule has 0 spiro atoms. The molecular weight excluding hydrogens is 382 g/mol. The Bertz CT molecular complexity index is 1260. The van der Waals surface area contributed by atoms with Gasteiger partial charge in [0.1, 0.15) is 5.58 Å². The minimum atomic E-state index is -0.320. The van der Waals surface area contributed by atoms with Gasteiger partial charge in [0, 0.05) is 29.3 Å². The normalized spacial score (nSPS) is 11.3. The van der Waals surface area contributed by atoms with Crippen molar-refractivity contribution in [2.45, 2.75) is 45.1 Å². The maximum Gasteiger partial charge on any atom is 0.336 e. The number of thioether (sulfide) groups is 1.